The number of methoxy groups -OCH3 is 1. The van der Waals surface area contributed by atoms with Gasteiger partial charge in [0.2, 0.25) is 0 Å². The molecule has 1 rings (SSSR count). The van der Waals surface area contributed by atoms with Crippen molar-refractivity contribution in [1.82, 2.24) is 5.32 Å². The maximum atomic E-state index is 8.69. The summed E-state index contributed by atoms with van der Waals surface area (Å²) in [7, 11) is 1.68. The minimum atomic E-state index is -0.0201. The molecule has 0 aromatic carbocycles. The number of nitrogens with zero attached hydrogens (tertiary/aromatic N) is 1. The van der Waals surface area contributed by atoms with Gasteiger partial charge in [0.25, 0.3) is 0 Å². The highest BCUT2D eigenvalue weighted by molar-refractivity contribution is 5.10. The first-order chi connectivity index (χ1) is 5.33. The molecule has 3 heteroatoms. The summed E-state index contributed by atoms with van der Waals surface area (Å²) in [6.45, 7) is 2.40. The van der Waals surface area contributed by atoms with Gasteiger partial charge in [-0.1, -0.05) is 0 Å². The van der Waals surface area contributed by atoms with Crippen molar-refractivity contribution in [3.8, 4) is 6.07 Å². The highest BCUT2D eigenvalue weighted by Crippen LogP contribution is 2.43. The minimum Gasteiger partial charge on any atom is -0.383 e. The molecule has 0 aliphatic heterocycles. The first kappa shape index (κ1) is 8.51. The van der Waals surface area contributed by atoms with E-state index in [1.165, 1.54) is 0 Å². The van der Waals surface area contributed by atoms with E-state index in [4.69, 9.17) is 10.00 Å². The van der Waals surface area contributed by atoms with Crippen molar-refractivity contribution in [2.24, 2.45) is 5.41 Å². The standard InChI is InChI=1S/C8H14N2O/c1-11-5-4-10-7-8(6-9)2-3-8/h10H,2-5,7H2,1H3. The summed E-state index contributed by atoms with van der Waals surface area (Å²) in [6.07, 6.45) is 2.12. The molecule has 3 nitrogen and oxygen atoms in total. The molecule has 0 unspecified atom stereocenters. The van der Waals surface area contributed by atoms with Gasteiger partial charge in [-0.2, -0.15) is 5.26 Å². The van der Waals surface area contributed by atoms with Crippen LogP contribution in [0.3, 0.4) is 0 Å². The van der Waals surface area contributed by atoms with E-state index in [2.05, 4.69) is 11.4 Å². The fourth-order valence-electron chi connectivity index (χ4n) is 0.981. The third-order valence-corrected chi connectivity index (χ3v) is 2.04. The molecular weight excluding hydrogens is 140 g/mol. The Morgan fingerprint density at radius 2 is 2.36 bits per heavy atom. The Kier molecular flexibility index (Phi) is 2.86. The molecule has 0 aromatic heterocycles. The zero-order valence-electron chi connectivity index (χ0n) is 6.89. The van der Waals surface area contributed by atoms with Crippen LogP contribution in [0.1, 0.15) is 12.8 Å². The van der Waals surface area contributed by atoms with Gasteiger partial charge in [0.15, 0.2) is 0 Å². The number of nitriles is 1. The Morgan fingerprint density at radius 3 is 2.82 bits per heavy atom. The number of ether oxygens (including phenoxy) is 1. The van der Waals surface area contributed by atoms with Crippen LogP contribution in [0.5, 0.6) is 0 Å². The minimum absolute atomic E-state index is 0.0201. The lowest BCUT2D eigenvalue weighted by Gasteiger charge is -2.06. The summed E-state index contributed by atoms with van der Waals surface area (Å²) in [6, 6.07) is 2.33. The van der Waals surface area contributed by atoms with Crippen LogP contribution in [0.2, 0.25) is 0 Å². The number of hydrogen-bond donors (Lipinski definition) is 1. The predicted octanol–water partition coefficient (Wildman–Crippen LogP) is 0.526. The fourth-order valence-corrected chi connectivity index (χ4v) is 0.981. The first-order valence-corrected chi connectivity index (χ1v) is 3.94. The fraction of sp³-hybridized carbons (Fsp3) is 0.875. The average Bonchev–Trinajstić information content (AvgIpc) is 2.80. The van der Waals surface area contributed by atoms with Crippen LogP contribution in [0.15, 0.2) is 0 Å². The summed E-state index contributed by atoms with van der Waals surface area (Å²) >= 11 is 0. The molecule has 1 fully saturated rings. The Balaban J connectivity index is 2.00. The van der Waals surface area contributed by atoms with Gasteiger partial charge < -0.3 is 10.1 Å². The van der Waals surface area contributed by atoms with Crippen LogP contribution >= 0.6 is 0 Å². The first-order valence-electron chi connectivity index (χ1n) is 3.94. The van der Waals surface area contributed by atoms with Crippen molar-refractivity contribution < 1.29 is 4.74 Å². The summed E-state index contributed by atoms with van der Waals surface area (Å²) in [5.41, 5.74) is -0.0201. The van der Waals surface area contributed by atoms with Crippen LogP contribution in [0.25, 0.3) is 0 Å². The van der Waals surface area contributed by atoms with Gasteiger partial charge in [-0.3, -0.25) is 0 Å². The van der Waals surface area contributed by atoms with E-state index < -0.39 is 0 Å². The van der Waals surface area contributed by atoms with Gasteiger partial charge in [-0.05, 0) is 12.8 Å². The molecule has 62 valence electrons. The van der Waals surface area contributed by atoms with Crippen LogP contribution in [0.4, 0.5) is 0 Å². The van der Waals surface area contributed by atoms with E-state index in [1.807, 2.05) is 0 Å². The van der Waals surface area contributed by atoms with Crippen molar-refractivity contribution in [2.75, 3.05) is 26.8 Å². The molecule has 0 aromatic rings. The van der Waals surface area contributed by atoms with Gasteiger partial charge in [0, 0.05) is 20.2 Å². The Hall–Kier alpha value is -0.590. The quantitative estimate of drug-likeness (QED) is 0.587. The lowest BCUT2D eigenvalue weighted by atomic mass is 10.1. The second-order valence-corrected chi connectivity index (χ2v) is 3.06. The molecule has 0 amide bonds. The molecule has 1 N–H and O–H groups in total. The van der Waals surface area contributed by atoms with Crippen molar-refractivity contribution in [3.63, 3.8) is 0 Å². The molecule has 11 heavy (non-hydrogen) atoms. The van der Waals surface area contributed by atoms with Gasteiger partial charge in [0.05, 0.1) is 18.1 Å². The van der Waals surface area contributed by atoms with E-state index in [9.17, 15) is 0 Å². The third kappa shape index (κ3) is 2.49. The van der Waals surface area contributed by atoms with Crippen LogP contribution in [-0.2, 0) is 4.74 Å². The summed E-state index contributed by atoms with van der Waals surface area (Å²) in [5, 5.41) is 11.9. The molecule has 0 radical (unpaired) electrons. The molecule has 0 saturated heterocycles. The average molecular weight is 154 g/mol. The summed E-state index contributed by atoms with van der Waals surface area (Å²) < 4.78 is 4.87. The largest absolute Gasteiger partial charge is 0.383 e. The lowest BCUT2D eigenvalue weighted by Crippen LogP contribution is -2.26. The second kappa shape index (κ2) is 3.70. The van der Waals surface area contributed by atoms with Crippen LogP contribution < -0.4 is 5.32 Å². The number of rotatable bonds is 5. The lowest BCUT2D eigenvalue weighted by molar-refractivity contribution is 0.198. The smallest absolute Gasteiger partial charge is 0.0703 e. The molecule has 0 heterocycles. The molecule has 0 atom stereocenters. The van der Waals surface area contributed by atoms with Gasteiger partial charge in [0.1, 0.15) is 0 Å². The van der Waals surface area contributed by atoms with E-state index >= 15 is 0 Å². The van der Waals surface area contributed by atoms with Gasteiger partial charge in [-0.15, -0.1) is 0 Å². The molecule has 1 aliphatic carbocycles. The van der Waals surface area contributed by atoms with Crippen LogP contribution in [-0.4, -0.2) is 26.8 Å². The Morgan fingerprint density at radius 1 is 1.64 bits per heavy atom. The molecule has 1 aliphatic rings. The molecular formula is C8H14N2O. The number of nitrogens with one attached hydrogen (secondary N) is 1. The predicted molar refractivity (Wildman–Crippen MR) is 42.0 cm³/mol. The monoisotopic (exact) mass is 154 g/mol. The maximum absolute atomic E-state index is 8.69. The van der Waals surface area contributed by atoms with E-state index in [0.717, 1.165) is 32.5 Å². The zero-order chi connectivity index (χ0) is 8.16. The maximum Gasteiger partial charge on any atom is 0.0703 e. The Labute approximate surface area is 67.3 Å². The SMILES string of the molecule is COCCNCC1(C#N)CC1. The summed E-state index contributed by atoms with van der Waals surface area (Å²) in [4.78, 5) is 0. The van der Waals surface area contributed by atoms with E-state index in [-0.39, 0.29) is 5.41 Å². The van der Waals surface area contributed by atoms with Crippen LogP contribution in [0, 0.1) is 16.7 Å². The molecule has 0 bridgehead atoms. The zero-order valence-corrected chi connectivity index (χ0v) is 6.89. The Bertz CT molecular complexity index is 158. The highest BCUT2D eigenvalue weighted by atomic mass is 16.5. The van der Waals surface area contributed by atoms with Gasteiger partial charge in [-0.25, -0.2) is 0 Å². The summed E-state index contributed by atoms with van der Waals surface area (Å²) in [5.74, 6) is 0. The van der Waals surface area contributed by atoms with Crippen molar-refractivity contribution in [1.29, 1.82) is 5.26 Å². The highest BCUT2D eigenvalue weighted by Gasteiger charge is 2.42. The second-order valence-electron chi connectivity index (χ2n) is 3.06. The number of hydrogen-bond acceptors (Lipinski definition) is 3. The van der Waals surface area contributed by atoms with Crippen molar-refractivity contribution in [3.05, 3.63) is 0 Å². The molecule has 0 spiro atoms. The van der Waals surface area contributed by atoms with Gasteiger partial charge >= 0.3 is 0 Å². The third-order valence-electron chi connectivity index (χ3n) is 2.04. The van der Waals surface area contributed by atoms with E-state index in [1.54, 1.807) is 7.11 Å². The topological polar surface area (TPSA) is 45.0 Å². The normalized spacial score (nSPS) is 19.3. The molecule has 1 saturated carbocycles. The van der Waals surface area contributed by atoms with Crippen molar-refractivity contribution >= 4 is 0 Å². The van der Waals surface area contributed by atoms with E-state index in [0.29, 0.717) is 0 Å². The van der Waals surface area contributed by atoms with Crippen molar-refractivity contribution in [2.45, 2.75) is 12.8 Å².